The highest BCUT2D eigenvalue weighted by molar-refractivity contribution is 7.22. The molecule has 0 spiro atoms. The topological polar surface area (TPSA) is 25.4 Å². The fourth-order valence-corrected chi connectivity index (χ4v) is 3.38. The van der Waals surface area contributed by atoms with Crippen LogP contribution in [0.25, 0.3) is 10.2 Å². The molecule has 96 valence electrons. The van der Waals surface area contributed by atoms with Gasteiger partial charge in [-0.3, -0.25) is 0 Å². The summed E-state index contributed by atoms with van der Waals surface area (Å²) in [6.07, 6.45) is 2.47. The smallest absolute Gasteiger partial charge is 0.186 e. The largest absolute Gasteiger partial charge is 0.381 e. The third-order valence-corrected chi connectivity index (χ3v) is 4.55. The highest BCUT2D eigenvalue weighted by atomic mass is 32.1. The lowest BCUT2D eigenvalue weighted by Gasteiger charge is -2.26. The Morgan fingerprint density at radius 3 is 3.11 bits per heavy atom. The Hall–Kier alpha value is -1.13. The summed E-state index contributed by atoms with van der Waals surface area (Å²) in [5, 5.41) is 1.11. The number of ether oxygens (including phenoxy) is 1. The van der Waals surface area contributed by atoms with Gasteiger partial charge in [-0.25, -0.2) is 4.98 Å². The minimum Gasteiger partial charge on any atom is -0.381 e. The molecule has 18 heavy (non-hydrogen) atoms. The lowest BCUT2D eigenvalue weighted by molar-refractivity contribution is 0.0576. The zero-order valence-electron chi connectivity index (χ0n) is 10.6. The van der Waals surface area contributed by atoms with Crippen LogP contribution in [0.3, 0.4) is 0 Å². The van der Waals surface area contributed by atoms with Crippen molar-refractivity contribution in [2.45, 2.75) is 12.8 Å². The number of hydrogen-bond donors (Lipinski definition) is 0. The number of hydrogen-bond acceptors (Lipinski definition) is 4. The van der Waals surface area contributed by atoms with Crippen molar-refractivity contribution in [1.82, 2.24) is 4.98 Å². The van der Waals surface area contributed by atoms with Gasteiger partial charge in [0.15, 0.2) is 5.13 Å². The highest BCUT2D eigenvalue weighted by Crippen LogP contribution is 2.28. The van der Waals surface area contributed by atoms with Gasteiger partial charge in [-0.1, -0.05) is 23.5 Å². The fraction of sp³-hybridized carbons (Fsp3) is 0.500. The van der Waals surface area contributed by atoms with Gasteiger partial charge in [0, 0.05) is 20.2 Å². The van der Waals surface area contributed by atoms with E-state index in [4.69, 9.17) is 4.74 Å². The van der Waals surface area contributed by atoms with Crippen molar-refractivity contribution in [1.29, 1.82) is 0 Å². The average molecular weight is 262 g/mol. The molecule has 1 aliphatic rings. The van der Waals surface area contributed by atoms with Crippen LogP contribution in [0.2, 0.25) is 0 Å². The molecule has 3 rings (SSSR count). The summed E-state index contributed by atoms with van der Waals surface area (Å²) >= 11 is 1.77. The number of nitrogens with zero attached hydrogens (tertiary/aromatic N) is 2. The molecule has 1 aromatic carbocycles. The van der Waals surface area contributed by atoms with Crippen LogP contribution in [0.5, 0.6) is 0 Å². The molecule has 3 nitrogen and oxygen atoms in total. The fourth-order valence-electron chi connectivity index (χ4n) is 2.44. The summed E-state index contributed by atoms with van der Waals surface area (Å²) in [7, 11) is 2.13. The van der Waals surface area contributed by atoms with E-state index in [1.807, 2.05) is 6.07 Å². The molecule has 1 unspecified atom stereocenters. The second-order valence-corrected chi connectivity index (χ2v) is 5.94. The second-order valence-electron chi connectivity index (χ2n) is 4.93. The van der Waals surface area contributed by atoms with Crippen molar-refractivity contribution in [3.8, 4) is 0 Å². The summed E-state index contributed by atoms with van der Waals surface area (Å²) in [5.74, 6) is 0.649. The lowest BCUT2D eigenvalue weighted by Crippen LogP contribution is -2.30. The van der Waals surface area contributed by atoms with E-state index in [2.05, 4.69) is 35.1 Å². The molecular weight excluding hydrogens is 244 g/mol. The third-order valence-electron chi connectivity index (χ3n) is 3.40. The van der Waals surface area contributed by atoms with Gasteiger partial charge in [0.1, 0.15) is 0 Å². The molecular formula is C14H18N2OS. The van der Waals surface area contributed by atoms with Gasteiger partial charge in [0.25, 0.3) is 0 Å². The molecule has 0 bridgehead atoms. The predicted molar refractivity (Wildman–Crippen MR) is 76.4 cm³/mol. The van der Waals surface area contributed by atoms with E-state index in [0.717, 1.165) is 30.4 Å². The van der Waals surface area contributed by atoms with Crippen molar-refractivity contribution < 1.29 is 4.74 Å². The standard InChI is InChI=1S/C14H18N2OS/c1-16(9-11-5-4-8-17-10-11)14-15-12-6-2-3-7-13(12)18-14/h2-3,6-7,11H,4-5,8-10H2,1H3. The van der Waals surface area contributed by atoms with E-state index in [1.54, 1.807) is 11.3 Å². The molecule has 2 heterocycles. The van der Waals surface area contributed by atoms with E-state index >= 15 is 0 Å². The number of benzene rings is 1. The van der Waals surface area contributed by atoms with Crippen LogP contribution in [0.15, 0.2) is 24.3 Å². The molecule has 0 aliphatic carbocycles. The first kappa shape index (κ1) is 11.9. The number of anilines is 1. The summed E-state index contributed by atoms with van der Waals surface area (Å²) in [4.78, 5) is 6.95. The molecule has 1 fully saturated rings. The minimum atomic E-state index is 0.649. The molecule has 1 saturated heterocycles. The molecule has 1 atom stereocenters. The van der Waals surface area contributed by atoms with Crippen LogP contribution < -0.4 is 4.90 Å². The van der Waals surface area contributed by atoms with Gasteiger partial charge < -0.3 is 9.64 Å². The normalized spacial score (nSPS) is 20.2. The predicted octanol–water partition coefficient (Wildman–Crippen LogP) is 3.16. The van der Waals surface area contributed by atoms with Crippen molar-refractivity contribution in [3.63, 3.8) is 0 Å². The number of para-hydroxylation sites is 1. The van der Waals surface area contributed by atoms with Gasteiger partial charge in [-0.05, 0) is 30.9 Å². The van der Waals surface area contributed by atoms with Crippen LogP contribution in [-0.4, -0.2) is 31.8 Å². The summed E-state index contributed by atoms with van der Waals surface area (Å²) in [6.45, 7) is 2.87. The SMILES string of the molecule is CN(CC1CCCOC1)c1nc2ccccc2s1. The maximum Gasteiger partial charge on any atom is 0.186 e. The number of aromatic nitrogens is 1. The molecule has 0 saturated carbocycles. The summed E-state index contributed by atoms with van der Waals surface area (Å²) in [6, 6.07) is 8.32. The minimum absolute atomic E-state index is 0.649. The summed E-state index contributed by atoms with van der Waals surface area (Å²) < 4.78 is 6.80. The van der Waals surface area contributed by atoms with Crippen LogP contribution in [0.1, 0.15) is 12.8 Å². The van der Waals surface area contributed by atoms with Crippen molar-refractivity contribution in [2.24, 2.45) is 5.92 Å². The first-order chi connectivity index (χ1) is 8.83. The quantitative estimate of drug-likeness (QED) is 0.849. The number of thiazole rings is 1. The molecule has 0 amide bonds. The average Bonchev–Trinajstić information content (AvgIpc) is 2.84. The van der Waals surface area contributed by atoms with E-state index in [9.17, 15) is 0 Å². The first-order valence-corrected chi connectivity index (χ1v) is 7.29. The van der Waals surface area contributed by atoms with Crippen LogP contribution in [-0.2, 0) is 4.74 Å². The van der Waals surface area contributed by atoms with E-state index < -0.39 is 0 Å². The number of rotatable bonds is 3. The van der Waals surface area contributed by atoms with Crippen LogP contribution in [0, 0.1) is 5.92 Å². The van der Waals surface area contributed by atoms with E-state index in [-0.39, 0.29) is 0 Å². The van der Waals surface area contributed by atoms with Crippen molar-refractivity contribution in [2.75, 3.05) is 31.7 Å². The first-order valence-electron chi connectivity index (χ1n) is 6.47. The van der Waals surface area contributed by atoms with Gasteiger partial charge in [-0.15, -0.1) is 0 Å². The maximum atomic E-state index is 5.53. The maximum absolute atomic E-state index is 5.53. The highest BCUT2D eigenvalue weighted by Gasteiger charge is 2.17. The van der Waals surface area contributed by atoms with Crippen LogP contribution >= 0.6 is 11.3 Å². The van der Waals surface area contributed by atoms with E-state index in [0.29, 0.717) is 5.92 Å². The Kier molecular flexibility index (Phi) is 3.48. The Morgan fingerprint density at radius 2 is 2.33 bits per heavy atom. The zero-order chi connectivity index (χ0) is 12.4. The Bertz CT molecular complexity index is 486. The van der Waals surface area contributed by atoms with Gasteiger partial charge >= 0.3 is 0 Å². The van der Waals surface area contributed by atoms with Gasteiger partial charge in [0.05, 0.1) is 16.8 Å². The molecule has 0 N–H and O–H groups in total. The Morgan fingerprint density at radius 1 is 1.44 bits per heavy atom. The Balaban J connectivity index is 1.72. The molecule has 2 aromatic rings. The molecule has 0 radical (unpaired) electrons. The monoisotopic (exact) mass is 262 g/mol. The van der Waals surface area contributed by atoms with Gasteiger partial charge in [0.2, 0.25) is 0 Å². The van der Waals surface area contributed by atoms with Crippen LogP contribution in [0.4, 0.5) is 5.13 Å². The number of fused-ring (bicyclic) bond motifs is 1. The molecule has 1 aromatic heterocycles. The summed E-state index contributed by atoms with van der Waals surface area (Å²) in [5.41, 5.74) is 1.10. The Labute approximate surface area is 111 Å². The van der Waals surface area contributed by atoms with E-state index in [1.165, 1.54) is 17.5 Å². The van der Waals surface area contributed by atoms with Crippen molar-refractivity contribution in [3.05, 3.63) is 24.3 Å². The molecule has 1 aliphatic heterocycles. The third kappa shape index (κ3) is 2.49. The second kappa shape index (κ2) is 5.24. The van der Waals surface area contributed by atoms with Gasteiger partial charge in [-0.2, -0.15) is 0 Å². The lowest BCUT2D eigenvalue weighted by atomic mass is 10.0. The molecule has 4 heteroatoms. The van der Waals surface area contributed by atoms with Crippen molar-refractivity contribution >= 4 is 26.7 Å². The zero-order valence-corrected chi connectivity index (χ0v) is 11.4.